The Bertz CT molecular complexity index is 275. The van der Waals surface area contributed by atoms with Crippen molar-refractivity contribution in [3.05, 3.63) is 23.0 Å². The van der Waals surface area contributed by atoms with Gasteiger partial charge in [-0.1, -0.05) is 18.5 Å². The second-order valence-corrected chi connectivity index (χ2v) is 3.04. The highest BCUT2D eigenvalue weighted by Gasteiger charge is 2.07. The van der Waals surface area contributed by atoms with Crippen LogP contribution < -0.4 is 11.5 Å². The molecule has 12 heavy (non-hydrogen) atoms. The smallest absolute Gasteiger partial charge is 0.131 e. The quantitative estimate of drug-likeness (QED) is 0.690. The molecule has 4 heteroatoms. The second kappa shape index (κ2) is 3.74. The zero-order chi connectivity index (χ0) is 9.14. The van der Waals surface area contributed by atoms with E-state index < -0.39 is 0 Å². The Kier molecular flexibility index (Phi) is 2.89. The van der Waals surface area contributed by atoms with E-state index in [0.717, 1.165) is 12.0 Å². The average Bonchev–Trinajstić information content (AvgIpc) is 2.03. The first kappa shape index (κ1) is 9.29. The van der Waals surface area contributed by atoms with E-state index in [1.165, 1.54) is 0 Å². The third kappa shape index (κ3) is 1.87. The van der Waals surface area contributed by atoms with Crippen molar-refractivity contribution in [1.82, 2.24) is 4.98 Å². The second-order valence-electron chi connectivity index (χ2n) is 2.65. The first-order valence-corrected chi connectivity index (χ1v) is 4.19. The average molecular weight is 186 g/mol. The molecular weight excluding hydrogens is 174 g/mol. The van der Waals surface area contributed by atoms with E-state index in [9.17, 15) is 0 Å². The molecule has 1 rings (SSSR count). The first-order chi connectivity index (χ1) is 5.65. The number of halogens is 1. The molecule has 0 saturated carbocycles. The highest BCUT2D eigenvalue weighted by molar-refractivity contribution is 6.29. The number of rotatable bonds is 2. The summed E-state index contributed by atoms with van der Waals surface area (Å²) in [7, 11) is 0. The van der Waals surface area contributed by atoms with Gasteiger partial charge in [-0.05, 0) is 12.5 Å². The van der Waals surface area contributed by atoms with Gasteiger partial charge in [-0.3, -0.25) is 0 Å². The fraction of sp³-hybridized carbons (Fsp3) is 0.375. The van der Waals surface area contributed by atoms with Crippen molar-refractivity contribution in [3.63, 3.8) is 0 Å². The summed E-state index contributed by atoms with van der Waals surface area (Å²) in [5.74, 6) is 0. The maximum atomic E-state index is 5.78. The van der Waals surface area contributed by atoms with Gasteiger partial charge >= 0.3 is 0 Å². The Hall–Kier alpha value is -0.800. The van der Waals surface area contributed by atoms with Gasteiger partial charge in [-0.15, -0.1) is 0 Å². The molecule has 66 valence electrons. The molecular formula is C8H12ClN3. The normalized spacial score (nSPS) is 12.9. The van der Waals surface area contributed by atoms with Crippen molar-refractivity contribution in [3.8, 4) is 0 Å². The standard InChI is InChI=1S/C8H12ClN3/c1-2-6(10)5-4-12-8(9)3-7(5)11/h3-4,6H,2,10H2,1H3,(H2,11,12)/t6-/m1/s1. The molecule has 0 aliphatic carbocycles. The molecule has 0 amide bonds. The third-order valence-corrected chi connectivity index (χ3v) is 1.98. The van der Waals surface area contributed by atoms with Gasteiger partial charge in [0, 0.05) is 23.5 Å². The molecule has 0 aliphatic heterocycles. The van der Waals surface area contributed by atoms with Crippen molar-refractivity contribution in [2.75, 3.05) is 5.73 Å². The molecule has 3 nitrogen and oxygen atoms in total. The van der Waals surface area contributed by atoms with Crippen LogP contribution in [0.15, 0.2) is 12.3 Å². The van der Waals surface area contributed by atoms with Crippen molar-refractivity contribution in [2.45, 2.75) is 19.4 Å². The number of pyridine rings is 1. The van der Waals surface area contributed by atoms with Gasteiger partial charge in [0.05, 0.1) is 0 Å². The minimum absolute atomic E-state index is 0.0465. The summed E-state index contributed by atoms with van der Waals surface area (Å²) < 4.78 is 0. The Morgan fingerprint density at radius 3 is 2.83 bits per heavy atom. The van der Waals surface area contributed by atoms with E-state index in [-0.39, 0.29) is 6.04 Å². The topological polar surface area (TPSA) is 64.9 Å². The number of nitrogen functional groups attached to an aromatic ring is 1. The van der Waals surface area contributed by atoms with E-state index in [2.05, 4.69) is 4.98 Å². The Balaban J connectivity index is 3.01. The highest BCUT2D eigenvalue weighted by atomic mass is 35.5. The van der Waals surface area contributed by atoms with E-state index in [1.807, 2.05) is 6.92 Å². The lowest BCUT2D eigenvalue weighted by Gasteiger charge is -2.11. The highest BCUT2D eigenvalue weighted by Crippen LogP contribution is 2.21. The van der Waals surface area contributed by atoms with Gasteiger partial charge in [-0.2, -0.15) is 0 Å². The fourth-order valence-corrected chi connectivity index (χ4v) is 1.15. The van der Waals surface area contributed by atoms with Crippen LogP contribution in [0.3, 0.4) is 0 Å². The molecule has 0 radical (unpaired) electrons. The zero-order valence-corrected chi connectivity index (χ0v) is 7.67. The maximum Gasteiger partial charge on any atom is 0.131 e. The Morgan fingerprint density at radius 2 is 2.33 bits per heavy atom. The van der Waals surface area contributed by atoms with Crippen LogP contribution in [0.2, 0.25) is 5.15 Å². The molecule has 1 aromatic heterocycles. The summed E-state index contributed by atoms with van der Waals surface area (Å²) >= 11 is 5.63. The molecule has 0 aromatic carbocycles. The zero-order valence-electron chi connectivity index (χ0n) is 6.92. The van der Waals surface area contributed by atoms with E-state index >= 15 is 0 Å². The fourth-order valence-electron chi connectivity index (χ4n) is 0.984. The molecule has 1 atom stereocenters. The largest absolute Gasteiger partial charge is 0.398 e. The lowest BCUT2D eigenvalue weighted by Crippen LogP contribution is -2.11. The SMILES string of the molecule is CC[C@@H](N)c1cnc(Cl)cc1N. The molecule has 1 aromatic rings. The Labute approximate surface area is 76.7 Å². The molecule has 0 spiro atoms. The van der Waals surface area contributed by atoms with E-state index in [1.54, 1.807) is 12.3 Å². The number of nitrogens with zero attached hydrogens (tertiary/aromatic N) is 1. The monoisotopic (exact) mass is 185 g/mol. The van der Waals surface area contributed by atoms with Crippen molar-refractivity contribution < 1.29 is 0 Å². The Morgan fingerprint density at radius 1 is 1.67 bits per heavy atom. The van der Waals surface area contributed by atoms with Crippen LogP contribution in [0, 0.1) is 0 Å². The summed E-state index contributed by atoms with van der Waals surface area (Å²) in [5.41, 5.74) is 13.0. The van der Waals surface area contributed by atoms with Gasteiger partial charge in [0.1, 0.15) is 5.15 Å². The van der Waals surface area contributed by atoms with Crippen LogP contribution >= 0.6 is 11.6 Å². The summed E-state index contributed by atoms with van der Waals surface area (Å²) in [4.78, 5) is 3.91. The summed E-state index contributed by atoms with van der Waals surface area (Å²) in [6, 6.07) is 1.57. The number of anilines is 1. The van der Waals surface area contributed by atoms with Gasteiger partial charge in [0.25, 0.3) is 0 Å². The molecule has 0 aliphatic rings. The molecule has 0 unspecified atom stereocenters. The predicted octanol–water partition coefficient (Wildman–Crippen LogP) is 1.73. The number of hydrogen-bond donors (Lipinski definition) is 2. The minimum atomic E-state index is -0.0465. The van der Waals surface area contributed by atoms with Crippen LogP contribution in [0.4, 0.5) is 5.69 Å². The first-order valence-electron chi connectivity index (χ1n) is 3.81. The number of hydrogen-bond acceptors (Lipinski definition) is 3. The summed E-state index contributed by atoms with van der Waals surface area (Å²) in [5, 5.41) is 0.402. The maximum absolute atomic E-state index is 5.78. The van der Waals surface area contributed by atoms with Crippen molar-refractivity contribution >= 4 is 17.3 Å². The number of nitrogens with two attached hydrogens (primary N) is 2. The number of aromatic nitrogens is 1. The summed E-state index contributed by atoms with van der Waals surface area (Å²) in [6.07, 6.45) is 2.47. The van der Waals surface area contributed by atoms with Crippen LogP contribution in [-0.2, 0) is 0 Å². The lowest BCUT2D eigenvalue weighted by molar-refractivity contribution is 0.697. The van der Waals surface area contributed by atoms with Gasteiger partial charge < -0.3 is 11.5 Å². The lowest BCUT2D eigenvalue weighted by atomic mass is 10.1. The molecule has 0 saturated heterocycles. The van der Waals surface area contributed by atoms with Crippen LogP contribution in [0.5, 0.6) is 0 Å². The van der Waals surface area contributed by atoms with Crippen molar-refractivity contribution in [1.29, 1.82) is 0 Å². The summed E-state index contributed by atoms with van der Waals surface area (Å²) in [6.45, 7) is 2.00. The van der Waals surface area contributed by atoms with Gasteiger partial charge in [0.15, 0.2) is 0 Å². The molecule has 0 bridgehead atoms. The van der Waals surface area contributed by atoms with Crippen LogP contribution in [0.1, 0.15) is 24.9 Å². The predicted molar refractivity (Wildman–Crippen MR) is 50.9 cm³/mol. The van der Waals surface area contributed by atoms with E-state index in [4.69, 9.17) is 23.1 Å². The van der Waals surface area contributed by atoms with Gasteiger partial charge in [0.2, 0.25) is 0 Å². The van der Waals surface area contributed by atoms with Crippen LogP contribution in [0.25, 0.3) is 0 Å². The molecule has 1 heterocycles. The van der Waals surface area contributed by atoms with Crippen molar-refractivity contribution in [2.24, 2.45) is 5.73 Å². The minimum Gasteiger partial charge on any atom is -0.398 e. The van der Waals surface area contributed by atoms with Gasteiger partial charge in [-0.25, -0.2) is 4.98 Å². The molecule has 0 fully saturated rings. The van der Waals surface area contributed by atoms with E-state index in [0.29, 0.717) is 10.8 Å². The molecule has 4 N–H and O–H groups in total. The van der Waals surface area contributed by atoms with Crippen LogP contribution in [-0.4, -0.2) is 4.98 Å². The third-order valence-electron chi connectivity index (χ3n) is 1.77.